The van der Waals surface area contributed by atoms with Crippen LogP contribution in [0.3, 0.4) is 0 Å². The molecular weight excluding hydrogens is 234 g/mol. The first-order valence-corrected chi connectivity index (χ1v) is 7.63. The lowest BCUT2D eigenvalue weighted by atomic mass is 9.83. The Morgan fingerprint density at radius 1 is 1.32 bits per heavy atom. The van der Waals surface area contributed by atoms with Crippen molar-refractivity contribution in [1.29, 1.82) is 0 Å². The summed E-state index contributed by atoms with van der Waals surface area (Å²) < 4.78 is 2.04. The lowest BCUT2D eigenvalue weighted by molar-refractivity contribution is 0.254. The highest BCUT2D eigenvalue weighted by molar-refractivity contribution is 5.10. The van der Waals surface area contributed by atoms with Gasteiger partial charge in [0, 0.05) is 18.8 Å². The minimum Gasteiger partial charge on any atom is -0.313 e. The van der Waals surface area contributed by atoms with Gasteiger partial charge < -0.3 is 5.32 Å². The highest BCUT2D eigenvalue weighted by Gasteiger charge is 2.23. The molecule has 1 aromatic rings. The van der Waals surface area contributed by atoms with Gasteiger partial charge in [0.1, 0.15) is 0 Å². The van der Waals surface area contributed by atoms with Crippen LogP contribution in [0.25, 0.3) is 0 Å². The Hall–Kier alpha value is -0.830. The summed E-state index contributed by atoms with van der Waals surface area (Å²) in [5.41, 5.74) is 2.86. The van der Waals surface area contributed by atoms with Gasteiger partial charge in [-0.1, -0.05) is 34.6 Å². The fourth-order valence-electron chi connectivity index (χ4n) is 2.43. The number of nitrogens with zero attached hydrogens (tertiary/aromatic N) is 2. The Balaban J connectivity index is 2.62. The van der Waals surface area contributed by atoms with Crippen molar-refractivity contribution < 1.29 is 0 Å². The predicted octanol–water partition coefficient (Wildman–Crippen LogP) is 3.33. The Kier molecular flexibility index (Phi) is 6.05. The molecule has 0 spiro atoms. The van der Waals surface area contributed by atoms with Gasteiger partial charge in [-0.3, -0.25) is 4.68 Å². The third-order valence-corrected chi connectivity index (χ3v) is 3.76. The summed E-state index contributed by atoms with van der Waals surface area (Å²) >= 11 is 0. The van der Waals surface area contributed by atoms with Crippen molar-refractivity contribution in [2.45, 2.75) is 66.3 Å². The molecule has 0 aromatic carbocycles. The summed E-state index contributed by atoms with van der Waals surface area (Å²) in [6.07, 6.45) is 4.48. The minimum absolute atomic E-state index is 0.307. The second kappa shape index (κ2) is 7.09. The van der Waals surface area contributed by atoms with Crippen LogP contribution in [0.1, 0.15) is 58.8 Å². The second-order valence-electron chi connectivity index (χ2n) is 6.52. The molecule has 0 aliphatic heterocycles. The van der Waals surface area contributed by atoms with Crippen molar-refractivity contribution in [3.05, 3.63) is 17.5 Å². The summed E-state index contributed by atoms with van der Waals surface area (Å²) in [5.74, 6) is 0. The van der Waals surface area contributed by atoms with Crippen LogP contribution in [0.4, 0.5) is 0 Å². The third-order valence-electron chi connectivity index (χ3n) is 3.76. The summed E-state index contributed by atoms with van der Waals surface area (Å²) in [5, 5.41) is 8.22. The lowest BCUT2D eigenvalue weighted by Gasteiger charge is -2.31. The van der Waals surface area contributed by atoms with Crippen LogP contribution in [0.2, 0.25) is 0 Å². The van der Waals surface area contributed by atoms with Crippen molar-refractivity contribution >= 4 is 0 Å². The summed E-state index contributed by atoms with van der Waals surface area (Å²) in [6, 6.07) is 2.81. The fraction of sp³-hybridized carbons (Fsp3) is 0.812. The molecule has 1 heterocycles. The first kappa shape index (κ1) is 16.2. The predicted molar refractivity (Wildman–Crippen MR) is 82.4 cm³/mol. The van der Waals surface area contributed by atoms with Crippen LogP contribution in [0.15, 0.2) is 6.07 Å². The zero-order chi connectivity index (χ0) is 14.5. The molecule has 3 heteroatoms. The fourth-order valence-corrected chi connectivity index (χ4v) is 2.43. The van der Waals surface area contributed by atoms with E-state index in [1.165, 1.54) is 24.2 Å². The SMILES string of the molecule is CCCNC(CCc1cc(CC)nn1C)C(C)(C)C. The second-order valence-corrected chi connectivity index (χ2v) is 6.52. The molecule has 1 unspecified atom stereocenters. The topological polar surface area (TPSA) is 29.9 Å². The van der Waals surface area contributed by atoms with Crippen molar-refractivity contribution in [2.75, 3.05) is 6.54 Å². The van der Waals surface area contributed by atoms with Gasteiger partial charge in [0.2, 0.25) is 0 Å². The Bertz CT molecular complexity index is 374. The summed E-state index contributed by atoms with van der Waals surface area (Å²) in [4.78, 5) is 0. The molecule has 0 saturated heterocycles. The smallest absolute Gasteiger partial charge is 0.0624 e. The monoisotopic (exact) mass is 265 g/mol. The van der Waals surface area contributed by atoms with Crippen LogP contribution in [-0.2, 0) is 19.9 Å². The molecule has 0 bridgehead atoms. The molecule has 1 aromatic heterocycles. The normalized spacial score (nSPS) is 13.8. The van der Waals surface area contributed by atoms with Crippen LogP contribution >= 0.6 is 0 Å². The maximum Gasteiger partial charge on any atom is 0.0624 e. The van der Waals surface area contributed by atoms with Crippen LogP contribution in [0.5, 0.6) is 0 Å². The number of hydrogen-bond donors (Lipinski definition) is 1. The van der Waals surface area contributed by atoms with Crippen molar-refractivity contribution in [3.63, 3.8) is 0 Å². The standard InChI is InChI=1S/C16H31N3/c1-7-11-17-15(16(3,4)5)10-9-14-12-13(8-2)18-19(14)6/h12,15,17H,7-11H2,1-6H3. The molecule has 19 heavy (non-hydrogen) atoms. The van der Waals surface area contributed by atoms with E-state index in [-0.39, 0.29) is 0 Å². The minimum atomic E-state index is 0.307. The molecule has 0 aliphatic carbocycles. The van der Waals surface area contributed by atoms with E-state index in [4.69, 9.17) is 0 Å². The van der Waals surface area contributed by atoms with Crippen molar-refractivity contribution in [3.8, 4) is 0 Å². The zero-order valence-electron chi connectivity index (χ0n) is 13.6. The van der Waals surface area contributed by atoms with E-state index in [1.54, 1.807) is 0 Å². The molecule has 3 nitrogen and oxygen atoms in total. The maximum atomic E-state index is 4.53. The highest BCUT2D eigenvalue weighted by Crippen LogP contribution is 2.23. The zero-order valence-corrected chi connectivity index (χ0v) is 13.6. The average Bonchev–Trinajstić information content (AvgIpc) is 2.68. The number of aromatic nitrogens is 2. The van der Waals surface area contributed by atoms with Gasteiger partial charge >= 0.3 is 0 Å². The molecule has 110 valence electrons. The molecule has 0 fully saturated rings. The number of nitrogens with one attached hydrogen (secondary N) is 1. The largest absolute Gasteiger partial charge is 0.313 e. The first-order valence-electron chi connectivity index (χ1n) is 7.63. The Morgan fingerprint density at radius 2 is 2.00 bits per heavy atom. The Morgan fingerprint density at radius 3 is 2.47 bits per heavy atom. The van der Waals surface area contributed by atoms with E-state index in [1.807, 2.05) is 4.68 Å². The first-order chi connectivity index (χ1) is 8.88. The van der Waals surface area contributed by atoms with Gasteiger partial charge in [0.05, 0.1) is 5.69 Å². The lowest BCUT2D eigenvalue weighted by Crippen LogP contribution is -2.41. The van der Waals surface area contributed by atoms with Gasteiger partial charge in [-0.2, -0.15) is 5.10 Å². The van der Waals surface area contributed by atoms with Crippen LogP contribution in [-0.4, -0.2) is 22.4 Å². The molecule has 0 amide bonds. The van der Waals surface area contributed by atoms with Crippen LogP contribution < -0.4 is 5.32 Å². The molecule has 0 saturated carbocycles. The van der Waals surface area contributed by atoms with Gasteiger partial charge in [0.25, 0.3) is 0 Å². The maximum absolute atomic E-state index is 4.53. The van der Waals surface area contributed by atoms with Crippen molar-refractivity contribution in [1.82, 2.24) is 15.1 Å². The molecule has 0 radical (unpaired) electrons. The molecular formula is C16H31N3. The van der Waals surface area contributed by atoms with Gasteiger partial charge in [0.15, 0.2) is 0 Å². The van der Waals surface area contributed by atoms with Crippen LogP contribution in [0, 0.1) is 5.41 Å². The average molecular weight is 265 g/mol. The van der Waals surface area contributed by atoms with E-state index in [9.17, 15) is 0 Å². The number of rotatable bonds is 7. The van der Waals surface area contributed by atoms with E-state index >= 15 is 0 Å². The molecule has 1 atom stereocenters. The number of hydrogen-bond acceptors (Lipinski definition) is 2. The van der Waals surface area contributed by atoms with Gasteiger partial charge in [-0.25, -0.2) is 0 Å². The van der Waals surface area contributed by atoms with E-state index < -0.39 is 0 Å². The van der Waals surface area contributed by atoms with E-state index in [0.29, 0.717) is 11.5 Å². The van der Waals surface area contributed by atoms with Gasteiger partial charge in [-0.15, -0.1) is 0 Å². The Labute approximate surface area is 118 Å². The van der Waals surface area contributed by atoms with Gasteiger partial charge in [-0.05, 0) is 43.7 Å². The third kappa shape index (κ3) is 4.98. The molecule has 1 N–H and O–H groups in total. The highest BCUT2D eigenvalue weighted by atomic mass is 15.3. The molecule has 1 rings (SSSR count). The summed E-state index contributed by atoms with van der Waals surface area (Å²) in [6.45, 7) is 12.4. The van der Waals surface area contributed by atoms with E-state index in [0.717, 1.165) is 19.4 Å². The summed E-state index contributed by atoms with van der Waals surface area (Å²) in [7, 11) is 2.06. The number of aryl methyl sites for hydroxylation is 3. The van der Waals surface area contributed by atoms with Crippen molar-refractivity contribution in [2.24, 2.45) is 12.5 Å². The molecule has 0 aliphatic rings. The van der Waals surface area contributed by atoms with E-state index in [2.05, 4.69) is 58.1 Å². The quantitative estimate of drug-likeness (QED) is 0.819.